The SMILES string of the molecule is Nc1cc(Oc2ccc(C#Cc3ccccc3)c3c(Oc4ccc(O)c(N)c4)ccc(C#Cc4ccccc4)c23)ccc1O. The van der Waals surface area contributed by atoms with Gasteiger partial charge in [-0.15, -0.1) is 0 Å². The van der Waals surface area contributed by atoms with E-state index in [-0.39, 0.29) is 22.9 Å². The number of aromatic hydroxyl groups is 2. The van der Waals surface area contributed by atoms with E-state index in [0.717, 1.165) is 11.1 Å². The van der Waals surface area contributed by atoms with Crippen LogP contribution in [0.3, 0.4) is 0 Å². The second-order valence-electron chi connectivity index (χ2n) is 9.85. The Morgan fingerprint density at radius 1 is 0.455 bits per heavy atom. The maximum Gasteiger partial charge on any atom is 0.138 e. The molecule has 0 unspecified atom stereocenters. The Hall–Kier alpha value is -6.50. The third-order valence-electron chi connectivity index (χ3n) is 6.77. The third-order valence-corrected chi connectivity index (χ3v) is 6.77. The summed E-state index contributed by atoms with van der Waals surface area (Å²) < 4.78 is 12.7. The molecular formula is C38H26N2O4. The van der Waals surface area contributed by atoms with E-state index in [0.29, 0.717) is 44.9 Å². The first kappa shape index (κ1) is 27.7. The van der Waals surface area contributed by atoms with E-state index in [2.05, 4.69) is 23.7 Å². The minimum Gasteiger partial charge on any atom is -0.506 e. The highest BCUT2D eigenvalue weighted by atomic mass is 16.5. The molecule has 6 aromatic rings. The highest BCUT2D eigenvalue weighted by Crippen LogP contribution is 2.42. The van der Waals surface area contributed by atoms with Crippen LogP contribution in [0.25, 0.3) is 10.8 Å². The highest BCUT2D eigenvalue weighted by molar-refractivity contribution is 6.02. The zero-order chi connectivity index (χ0) is 30.5. The van der Waals surface area contributed by atoms with Crippen LogP contribution in [0.1, 0.15) is 22.3 Å². The zero-order valence-electron chi connectivity index (χ0n) is 23.4. The van der Waals surface area contributed by atoms with E-state index >= 15 is 0 Å². The number of nitrogens with two attached hydrogens (primary N) is 2. The summed E-state index contributed by atoms with van der Waals surface area (Å²) in [4.78, 5) is 0. The number of fused-ring (bicyclic) bond motifs is 1. The lowest BCUT2D eigenvalue weighted by molar-refractivity contribution is 0.467. The Kier molecular flexibility index (Phi) is 7.65. The number of nitrogen functional groups attached to an aromatic ring is 2. The molecule has 0 saturated heterocycles. The van der Waals surface area contributed by atoms with Gasteiger partial charge >= 0.3 is 0 Å². The van der Waals surface area contributed by atoms with E-state index in [1.165, 1.54) is 12.1 Å². The van der Waals surface area contributed by atoms with Gasteiger partial charge < -0.3 is 31.2 Å². The Bertz CT molecular complexity index is 1970. The van der Waals surface area contributed by atoms with Crippen LogP contribution in [0.15, 0.2) is 121 Å². The Morgan fingerprint density at radius 2 is 0.864 bits per heavy atom. The van der Waals surface area contributed by atoms with Crippen LogP contribution in [0.4, 0.5) is 11.4 Å². The standard InChI is InChI=1S/C38H26N2O4/c39-31-23-29(17-19-33(31)41)43-35-22-16-28(14-12-26-9-5-2-6-10-26)38-36(44-30-18-20-34(42)32(40)24-30)21-15-27(37(35)38)13-11-25-7-3-1-4-8-25/h1-10,15-24,41-42H,39-40H2. The molecule has 212 valence electrons. The topological polar surface area (TPSA) is 111 Å². The van der Waals surface area contributed by atoms with E-state index in [1.807, 2.05) is 84.9 Å². The van der Waals surface area contributed by atoms with Crippen LogP contribution < -0.4 is 20.9 Å². The lowest BCUT2D eigenvalue weighted by atomic mass is 9.97. The van der Waals surface area contributed by atoms with Gasteiger partial charge in [-0.1, -0.05) is 60.1 Å². The number of hydrogen-bond donors (Lipinski definition) is 4. The number of ether oxygens (including phenoxy) is 2. The number of rotatable bonds is 4. The molecule has 0 fully saturated rings. The molecule has 0 saturated carbocycles. The van der Waals surface area contributed by atoms with Gasteiger partial charge in [0.25, 0.3) is 0 Å². The van der Waals surface area contributed by atoms with Crippen LogP contribution in [0, 0.1) is 23.7 Å². The molecule has 0 heterocycles. The second kappa shape index (κ2) is 12.2. The molecule has 0 bridgehead atoms. The fourth-order valence-corrected chi connectivity index (χ4v) is 4.58. The molecule has 6 aromatic carbocycles. The monoisotopic (exact) mass is 574 g/mol. The number of anilines is 2. The zero-order valence-corrected chi connectivity index (χ0v) is 23.4. The summed E-state index contributed by atoms with van der Waals surface area (Å²) in [6.45, 7) is 0. The molecule has 6 N–H and O–H groups in total. The molecule has 6 heteroatoms. The van der Waals surface area contributed by atoms with E-state index in [9.17, 15) is 10.2 Å². The van der Waals surface area contributed by atoms with Crippen molar-refractivity contribution in [1.82, 2.24) is 0 Å². The van der Waals surface area contributed by atoms with Gasteiger partial charge in [0, 0.05) is 45.2 Å². The highest BCUT2D eigenvalue weighted by Gasteiger charge is 2.17. The van der Waals surface area contributed by atoms with E-state index < -0.39 is 0 Å². The predicted octanol–water partition coefficient (Wildman–Crippen LogP) is 7.80. The van der Waals surface area contributed by atoms with Crippen molar-refractivity contribution >= 4 is 22.1 Å². The van der Waals surface area contributed by atoms with Crippen LogP contribution in [0.2, 0.25) is 0 Å². The molecule has 0 aromatic heterocycles. The van der Waals surface area contributed by atoms with Gasteiger partial charge in [0.1, 0.15) is 34.5 Å². The summed E-state index contributed by atoms with van der Waals surface area (Å²) in [6.07, 6.45) is 0. The second-order valence-corrected chi connectivity index (χ2v) is 9.85. The van der Waals surface area contributed by atoms with Crippen molar-refractivity contribution in [3.05, 3.63) is 144 Å². The van der Waals surface area contributed by atoms with Gasteiger partial charge in [-0.25, -0.2) is 0 Å². The molecule has 0 aliphatic heterocycles. The lowest BCUT2D eigenvalue weighted by Crippen LogP contribution is -1.96. The molecule has 0 aliphatic rings. The van der Waals surface area contributed by atoms with Crippen molar-refractivity contribution < 1.29 is 19.7 Å². The van der Waals surface area contributed by atoms with E-state index in [4.69, 9.17) is 20.9 Å². The molecule has 0 amide bonds. The van der Waals surface area contributed by atoms with Crippen molar-refractivity contribution in [2.75, 3.05) is 11.5 Å². The number of phenols is 2. The van der Waals surface area contributed by atoms with Gasteiger partial charge in [0.2, 0.25) is 0 Å². The summed E-state index contributed by atoms with van der Waals surface area (Å²) in [7, 11) is 0. The van der Waals surface area contributed by atoms with Gasteiger partial charge in [-0.05, 0) is 72.8 Å². The van der Waals surface area contributed by atoms with Crippen LogP contribution in [-0.4, -0.2) is 10.2 Å². The molecule has 6 rings (SSSR count). The van der Waals surface area contributed by atoms with Crippen molar-refractivity contribution in [2.45, 2.75) is 0 Å². The Balaban J connectivity index is 1.60. The first-order chi connectivity index (χ1) is 21.4. The minimum atomic E-state index is -0.0352. The number of benzene rings is 6. The van der Waals surface area contributed by atoms with Crippen molar-refractivity contribution in [2.24, 2.45) is 0 Å². The smallest absolute Gasteiger partial charge is 0.138 e. The summed E-state index contributed by atoms with van der Waals surface area (Å²) in [6, 6.07) is 36.1. The molecule has 0 aliphatic carbocycles. The number of hydrogen-bond acceptors (Lipinski definition) is 6. The van der Waals surface area contributed by atoms with Gasteiger partial charge in [0.15, 0.2) is 0 Å². The van der Waals surface area contributed by atoms with Crippen molar-refractivity contribution in [3.8, 4) is 58.2 Å². The fraction of sp³-hybridized carbons (Fsp3) is 0. The molecule has 0 radical (unpaired) electrons. The van der Waals surface area contributed by atoms with Gasteiger partial charge in [-0.2, -0.15) is 0 Å². The minimum absolute atomic E-state index is 0.0352. The summed E-state index contributed by atoms with van der Waals surface area (Å²) in [5.74, 6) is 14.9. The lowest BCUT2D eigenvalue weighted by Gasteiger charge is -2.16. The summed E-state index contributed by atoms with van der Waals surface area (Å²) >= 11 is 0. The molecule has 44 heavy (non-hydrogen) atoms. The van der Waals surface area contributed by atoms with Crippen molar-refractivity contribution in [1.29, 1.82) is 0 Å². The van der Waals surface area contributed by atoms with Crippen LogP contribution >= 0.6 is 0 Å². The third kappa shape index (κ3) is 6.06. The summed E-state index contributed by atoms with van der Waals surface area (Å²) in [5, 5.41) is 21.2. The maximum absolute atomic E-state index is 9.95. The molecular weight excluding hydrogens is 548 g/mol. The van der Waals surface area contributed by atoms with Crippen LogP contribution in [-0.2, 0) is 0 Å². The first-order valence-electron chi connectivity index (χ1n) is 13.7. The first-order valence-corrected chi connectivity index (χ1v) is 13.7. The van der Waals surface area contributed by atoms with Gasteiger partial charge in [-0.3, -0.25) is 0 Å². The quantitative estimate of drug-likeness (QED) is 0.0971. The average molecular weight is 575 g/mol. The number of phenolic OH excluding ortho intramolecular Hbond substituents is 2. The summed E-state index contributed by atoms with van der Waals surface area (Å²) in [5.41, 5.74) is 15.4. The Labute approximate surface area is 254 Å². The average Bonchev–Trinajstić information content (AvgIpc) is 3.04. The van der Waals surface area contributed by atoms with E-state index in [1.54, 1.807) is 24.3 Å². The molecule has 0 atom stereocenters. The van der Waals surface area contributed by atoms with Gasteiger partial charge in [0.05, 0.1) is 11.4 Å². The maximum atomic E-state index is 9.95. The largest absolute Gasteiger partial charge is 0.506 e. The van der Waals surface area contributed by atoms with Crippen molar-refractivity contribution in [3.63, 3.8) is 0 Å². The molecule has 0 spiro atoms. The predicted molar refractivity (Wildman–Crippen MR) is 174 cm³/mol. The van der Waals surface area contributed by atoms with Crippen LogP contribution in [0.5, 0.6) is 34.5 Å². The fourth-order valence-electron chi connectivity index (χ4n) is 4.58. The normalized spacial score (nSPS) is 10.3. The Morgan fingerprint density at radius 3 is 1.25 bits per heavy atom. The molecule has 6 nitrogen and oxygen atoms in total.